The normalized spacial score (nSPS) is 13.2. The molecular weight excluding hydrogens is 168 g/mol. The van der Waals surface area contributed by atoms with Crippen LogP contribution in [0.3, 0.4) is 0 Å². The Balaban J connectivity index is 3.57. The molecule has 0 heterocycles. The van der Waals surface area contributed by atoms with Gasteiger partial charge >= 0.3 is 0 Å². The van der Waals surface area contributed by atoms with E-state index >= 15 is 0 Å². The predicted molar refractivity (Wildman–Crippen MR) is 59.8 cm³/mol. The summed E-state index contributed by atoms with van der Waals surface area (Å²) in [4.78, 5) is 0. The van der Waals surface area contributed by atoms with Gasteiger partial charge in [0.25, 0.3) is 0 Å². The maximum Gasteiger partial charge on any atom is 0.183 e. The third-order valence-electron chi connectivity index (χ3n) is 1.73. The van der Waals surface area contributed by atoms with Crippen LogP contribution in [0.15, 0.2) is 0 Å². The fourth-order valence-corrected chi connectivity index (χ4v) is 0.767. The fraction of sp³-hybridized carbons (Fsp3) is 1.00. The van der Waals surface area contributed by atoms with E-state index in [1.165, 1.54) is 0 Å². The van der Waals surface area contributed by atoms with Crippen LogP contribution in [0.4, 0.5) is 0 Å². The van der Waals surface area contributed by atoms with E-state index in [-0.39, 0.29) is 11.0 Å². The zero-order valence-electron chi connectivity index (χ0n) is 8.68. The quantitative estimate of drug-likeness (QED) is 0.519. The number of hydrogen-bond donors (Lipinski definition) is 1. The van der Waals surface area contributed by atoms with Gasteiger partial charge in [0.05, 0.1) is 0 Å². The lowest BCUT2D eigenvalue weighted by Crippen LogP contribution is -2.36. The summed E-state index contributed by atoms with van der Waals surface area (Å²) in [6, 6.07) is 0. The summed E-state index contributed by atoms with van der Waals surface area (Å²) >= 11 is 0. The lowest BCUT2D eigenvalue weighted by molar-refractivity contribution is 0.0359. The molecule has 0 aromatic carbocycles. The molecule has 0 aliphatic carbocycles. The van der Waals surface area contributed by atoms with E-state index < -0.39 is 0 Å². The molecule has 0 aliphatic rings. The van der Waals surface area contributed by atoms with Gasteiger partial charge in [-0.25, -0.2) is 0 Å². The van der Waals surface area contributed by atoms with Crippen LogP contribution in [-0.2, 0) is 4.74 Å². The molecule has 2 nitrogen and oxygen atoms in total. The van der Waals surface area contributed by atoms with E-state index in [9.17, 15) is 0 Å². The van der Waals surface area contributed by atoms with E-state index in [1.54, 1.807) is 0 Å². The van der Waals surface area contributed by atoms with Crippen LogP contribution in [0.5, 0.6) is 0 Å². The average Bonchev–Trinajstić information content (AvgIpc) is 1.84. The van der Waals surface area contributed by atoms with Crippen LogP contribution in [0.25, 0.3) is 0 Å². The Kier molecular flexibility index (Phi) is 4.75. The van der Waals surface area contributed by atoms with Gasteiger partial charge in [0.15, 0.2) is 7.00 Å². The largest absolute Gasteiger partial charge is 0.384 e. The Bertz CT molecular complexity index is 134. The molecule has 0 bridgehead atoms. The number of nitrogens with two attached hydrogens (primary N) is 1. The van der Waals surface area contributed by atoms with Gasteiger partial charge in [0.1, 0.15) is 0 Å². The highest BCUT2D eigenvalue weighted by molar-refractivity contribution is 7.56. The molecule has 1 unspecified atom stereocenters. The summed E-state index contributed by atoms with van der Waals surface area (Å²) in [6.07, 6.45) is 0.904. The molecule has 0 aliphatic heterocycles. The molecule has 0 aromatic rings. The topological polar surface area (TPSA) is 35.2 Å². The average molecular weight is 189 g/mol. The van der Waals surface area contributed by atoms with Gasteiger partial charge in [-0.05, 0) is 34.1 Å². The Morgan fingerprint density at radius 3 is 2.17 bits per heavy atom. The molecule has 4 heteroatoms. The van der Waals surface area contributed by atoms with Crippen molar-refractivity contribution in [2.45, 2.75) is 45.2 Å². The molecule has 0 spiro atoms. The van der Waals surface area contributed by atoms with Gasteiger partial charge in [0, 0.05) is 17.6 Å². The van der Waals surface area contributed by atoms with E-state index in [4.69, 9.17) is 10.5 Å². The summed E-state index contributed by atoms with van der Waals surface area (Å²) in [5.41, 5.74) is 5.68. The first-order chi connectivity index (χ1) is 5.27. The molecule has 0 amide bonds. The number of hydrogen-bond acceptors (Lipinski definition) is 2. The van der Waals surface area contributed by atoms with E-state index in [0.717, 1.165) is 20.0 Å². The van der Waals surface area contributed by atoms with Crippen LogP contribution in [0.2, 0.25) is 0 Å². The molecule has 12 heavy (non-hydrogen) atoms. The monoisotopic (exact) mass is 189 g/mol. The van der Waals surface area contributed by atoms with Crippen molar-refractivity contribution in [1.82, 2.24) is 0 Å². The summed E-state index contributed by atoms with van der Waals surface area (Å²) in [5.74, 6) is 0. The zero-order chi connectivity index (χ0) is 9.83. The van der Waals surface area contributed by atoms with Crippen molar-refractivity contribution < 1.29 is 4.74 Å². The van der Waals surface area contributed by atoms with Crippen molar-refractivity contribution in [3.8, 4) is 0 Å². The first-order valence-corrected chi connectivity index (χ1v) is 5.21. The molecule has 0 saturated carbocycles. The zero-order valence-corrected chi connectivity index (χ0v) is 9.84. The van der Waals surface area contributed by atoms with Crippen molar-refractivity contribution in [1.29, 1.82) is 0 Å². The first kappa shape index (κ1) is 12.4. The summed E-state index contributed by atoms with van der Waals surface area (Å²) in [5, 5.41) is 0. The number of rotatable bonds is 5. The maximum atomic E-state index is 5.82. The highest BCUT2D eigenvalue weighted by Crippen LogP contribution is 2.12. The molecule has 1 atom stereocenters. The van der Waals surface area contributed by atoms with E-state index in [2.05, 4.69) is 23.0 Å². The SMILES string of the molecule is CC(C)(N)CCOC(C)(C)BP. The smallest absolute Gasteiger partial charge is 0.183 e. The van der Waals surface area contributed by atoms with Gasteiger partial charge in [-0.2, -0.15) is 9.12 Å². The lowest BCUT2D eigenvalue weighted by Gasteiger charge is -2.25. The van der Waals surface area contributed by atoms with Crippen molar-refractivity contribution in [2.24, 2.45) is 5.73 Å². The first-order valence-electron chi connectivity index (χ1n) is 4.40. The number of ether oxygens (including phenoxy) is 1. The molecule has 0 radical (unpaired) electrons. The van der Waals surface area contributed by atoms with Crippen LogP contribution < -0.4 is 5.73 Å². The lowest BCUT2D eigenvalue weighted by atomic mass is 9.83. The standard InChI is InChI=1S/C8H21BNOP/c1-7(2,10)5-6-11-8(3,4)9-12/h9H,5-6,10,12H2,1-4H3. The van der Waals surface area contributed by atoms with E-state index in [1.807, 2.05) is 13.8 Å². The molecule has 2 N–H and O–H groups in total. The van der Waals surface area contributed by atoms with Crippen LogP contribution in [-0.4, -0.2) is 24.6 Å². The van der Waals surface area contributed by atoms with Crippen LogP contribution in [0.1, 0.15) is 34.1 Å². The Labute approximate surface area is 79.0 Å². The molecule has 0 saturated heterocycles. The second-order valence-electron chi connectivity index (χ2n) is 4.55. The highest BCUT2D eigenvalue weighted by Gasteiger charge is 2.18. The molecule has 0 aromatic heterocycles. The van der Waals surface area contributed by atoms with Gasteiger partial charge in [0.2, 0.25) is 0 Å². The van der Waals surface area contributed by atoms with Crippen molar-refractivity contribution in [2.75, 3.05) is 6.61 Å². The third kappa shape index (κ3) is 7.09. The van der Waals surface area contributed by atoms with Crippen LogP contribution in [0, 0.1) is 0 Å². The molecule has 0 rings (SSSR count). The predicted octanol–water partition coefficient (Wildman–Crippen LogP) is 1.09. The minimum absolute atomic E-state index is 0.0318. The van der Waals surface area contributed by atoms with Crippen LogP contribution >= 0.6 is 9.12 Å². The van der Waals surface area contributed by atoms with Gasteiger partial charge in [-0.3, -0.25) is 0 Å². The van der Waals surface area contributed by atoms with Crippen molar-refractivity contribution in [3.05, 3.63) is 0 Å². The Morgan fingerprint density at radius 2 is 1.83 bits per heavy atom. The van der Waals surface area contributed by atoms with Crippen molar-refractivity contribution in [3.63, 3.8) is 0 Å². The second-order valence-corrected chi connectivity index (χ2v) is 4.96. The van der Waals surface area contributed by atoms with Gasteiger partial charge < -0.3 is 10.5 Å². The summed E-state index contributed by atoms with van der Waals surface area (Å²) in [6.45, 7) is 9.91. The van der Waals surface area contributed by atoms with Gasteiger partial charge in [-0.15, -0.1) is 0 Å². The van der Waals surface area contributed by atoms with Crippen molar-refractivity contribution >= 4 is 16.1 Å². The Morgan fingerprint density at radius 1 is 1.33 bits per heavy atom. The summed E-state index contributed by atoms with van der Waals surface area (Å²) in [7, 11) is 2.69. The minimum atomic E-state index is -0.114. The maximum absolute atomic E-state index is 5.82. The minimum Gasteiger partial charge on any atom is -0.384 e. The third-order valence-corrected chi connectivity index (χ3v) is 2.71. The van der Waals surface area contributed by atoms with E-state index in [0.29, 0.717) is 0 Å². The molecular formula is C8H21BNOP. The Hall–Kier alpha value is 0.415. The second kappa shape index (κ2) is 4.60. The fourth-order valence-electron chi connectivity index (χ4n) is 0.649. The molecule has 72 valence electrons. The summed E-state index contributed by atoms with van der Waals surface area (Å²) < 4.78 is 5.65. The molecule has 0 fully saturated rings. The highest BCUT2D eigenvalue weighted by atomic mass is 31.0. The van der Waals surface area contributed by atoms with Gasteiger partial charge in [-0.1, -0.05) is 0 Å².